The van der Waals surface area contributed by atoms with Gasteiger partial charge in [0.2, 0.25) is 17.8 Å². The summed E-state index contributed by atoms with van der Waals surface area (Å²) >= 11 is 0. The van der Waals surface area contributed by atoms with Crippen molar-refractivity contribution < 1.29 is 9.59 Å². The maximum absolute atomic E-state index is 12.2. The van der Waals surface area contributed by atoms with E-state index < -0.39 is 5.41 Å². The highest BCUT2D eigenvalue weighted by atomic mass is 16.2. The summed E-state index contributed by atoms with van der Waals surface area (Å²) in [6.07, 6.45) is 7.30. The third-order valence-electron chi connectivity index (χ3n) is 4.53. The van der Waals surface area contributed by atoms with Gasteiger partial charge in [0.25, 0.3) is 0 Å². The highest BCUT2D eigenvalue weighted by molar-refractivity contribution is 6.01. The number of hydrogen-bond acceptors (Lipinski definition) is 4. The molecule has 1 spiro atoms. The molecule has 1 unspecified atom stereocenters. The van der Waals surface area contributed by atoms with Crippen molar-refractivity contribution in [2.45, 2.75) is 26.2 Å². The molecule has 2 saturated heterocycles. The molecule has 3 heterocycles. The molecular formula is C16H20N4O2. The number of H-pyrrole nitrogens is 1. The summed E-state index contributed by atoms with van der Waals surface area (Å²) < 4.78 is 0. The van der Waals surface area contributed by atoms with E-state index in [1.165, 1.54) is 0 Å². The van der Waals surface area contributed by atoms with E-state index in [1.54, 1.807) is 6.08 Å². The summed E-state index contributed by atoms with van der Waals surface area (Å²) in [6, 6.07) is 0. The van der Waals surface area contributed by atoms with Crippen LogP contribution in [0.1, 0.15) is 30.7 Å². The van der Waals surface area contributed by atoms with Crippen molar-refractivity contribution >= 4 is 23.8 Å². The number of aryl methyl sites for hydroxylation is 1. The molecule has 2 fully saturated rings. The first-order valence-corrected chi connectivity index (χ1v) is 7.49. The second-order valence-electron chi connectivity index (χ2n) is 5.98. The predicted octanol–water partition coefficient (Wildman–Crippen LogP) is 1.55. The van der Waals surface area contributed by atoms with Crippen LogP contribution in [0.15, 0.2) is 18.7 Å². The van der Waals surface area contributed by atoms with Gasteiger partial charge in [-0.2, -0.15) is 0 Å². The number of piperidine rings is 1. The fourth-order valence-electron chi connectivity index (χ4n) is 3.16. The van der Waals surface area contributed by atoms with Crippen molar-refractivity contribution in [3.05, 3.63) is 30.1 Å². The fourth-order valence-corrected chi connectivity index (χ4v) is 3.16. The minimum absolute atomic E-state index is 0.138. The van der Waals surface area contributed by atoms with Gasteiger partial charge in [-0.3, -0.25) is 14.9 Å². The van der Waals surface area contributed by atoms with Crippen LogP contribution in [-0.4, -0.2) is 34.9 Å². The summed E-state index contributed by atoms with van der Waals surface area (Å²) in [5.41, 5.74) is 1.41. The molecule has 2 N–H and O–H groups in total. The molecule has 0 aliphatic carbocycles. The quantitative estimate of drug-likeness (QED) is 0.656. The minimum Gasteiger partial charge on any atom is -0.341 e. The number of allylic oxidation sites excluding steroid dienone is 2. The van der Waals surface area contributed by atoms with Crippen LogP contribution in [0, 0.1) is 12.3 Å². The SMILES string of the molecule is C=C/C=C\c1[nH]c(N2CCC3(CCC(=O)NC3=O)C2)nc1C. The summed E-state index contributed by atoms with van der Waals surface area (Å²) in [4.78, 5) is 33.5. The predicted molar refractivity (Wildman–Crippen MR) is 84.2 cm³/mol. The van der Waals surface area contributed by atoms with E-state index in [1.807, 2.05) is 19.1 Å². The molecule has 0 radical (unpaired) electrons. The molecule has 22 heavy (non-hydrogen) atoms. The maximum Gasteiger partial charge on any atom is 0.234 e. The number of aromatic amines is 1. The van der Waals surface area contributed by atoms with Crippen molar-refractivity contribution in [1.82, 2.24) is 15.3 Å². The van der Waals surface area contributed by atoms with Gasteiger partial charge >= 0.3 is 0 Å². The molecule has 6 nitrogen and oxygen atoms in total. The van der Waals surface area contributed by atoms with Crippen molar-refractivity contribution in [3.8, 4) is 0 Å². The standard InChI is InChI=1S/C16H20N4O2/c1-3-4-5-12-11(2)17-15(18-12)20-9-8-16(10-20)7-6-13(21)19-14(16)22/h3-5H,1,6-10H2,2H3,(H,17,18)(H,19,21,22)/b5-4-. The zero-order valence-electron chi connectivity index (χ0n) is 12.7. The van der Waals surface area contributed by atoms with Crippen molar-refractivity contribution in [1.29, 1.82) is 0 Å². The molecule has 0 bridgehead atoms. The van der Waals surface area contributed by atoms with Gasteiger partial charge in [-0.05, 0) is 25.8 Å². The zero-order chi connectivity index (χ0) is 15.7. The van der Waals surface area contributed by atoms with Gasteiger partial charge in [-0.1, -0.05) is 18.7 Å². The minimum atomic E-state index is -0.453. The fraction of sp³-hybridized carbons (Fsp3) is 0.438. The van der Waals surface area contributed by atoms with Gasteiger partial charge in [-0.25, -0.2) is 4.98 Å². The van der Waals surface area contributed by atoms with E-state index in [4.69, 9.17) is 0 Å². The summed E-state index contributed by atoms with van der Waals surface area (Å²) in [5.74, 6) is 0.476. The Morgan fingerprint density at radius 1 is 1.36 bits per heavy atom. The van der Waals surface area contributed by atoms with Crippen molar-refractivity contribution in [2.24, 2.45) is 5.41 Å². The molecule has 2 aliphatic heterocycles. The van der Waals surface area contributed by atoms with Crippen LogP contribution in [-0.2, 0) is 9.59 Å². The van der Waals surface area contributed by atoms with Crippen LogP contribution in [0.4, 0.5) is 5.95 Å². The highest BCUT2D eigenvalue weighted by Gasteiger charge is 2.48. The largest absolute Gasteiger partial charge is 0.341 e. The average Bonchev–Trinajstić information content (AvgIpc) is 3.07. The Labute approximate surface area is 129 Å². The van der Waals surface area contributed by atoms with Crippen LogP contribution < -0.4 is 10.2 Å². The van der Waals surface area contributed by atoms with E-state index in [2.05, 4.69) is 26.8 Å². The molecule has 1 aromatic heterocycles. The smallest absolute Gasteiger partial charge is 0.234 e. The lowest BCUT2D eigenvalue weighted by atomic mass is 9.79. The van der Waals surface area contributed by atoms with Gasteiger partial charge in [0.15, 0.2) is 0 Å². The van der Waals surface area contributed by atoms with E-state index >= 15 is 0 Å². The molecule has 2 amide bonds. The van der Waals surface area contributed by atoms with Crippen LogP contribution in [0.2, 0.25) is 0 Å². The molecule has 3 rings (SSSR count). The van der Waals surface area contributed by atoms with Gasteiger partial charge in [0.05, 0.1) is 16.8 Å². The summed E-state index contributed by atoms with van der Waals surface area (Å²) in [5, 5.41) is 2.47. The van der Waals surface area contributed by atoms with Crippen LogP contribution in [0.5, 0.6) is 0 Å². The number of amides is 2. The molecule has 116 valence electrons. The second kappa shape index (κ2) is 5.44. The summed E-state index contributed by atoms with van der Waals surface area (Å²) in [6.45, 7) is 6.97. The third kappa shape index (κ3) is 2.45. The lowest BCUT2D eigenvalue weighted by Gasteiger charge is -2.31. The molecule has 0 aromatic carbocycles. The Bertz CT molecular complexity index is 661. The number of anilines is 1. The number of carbonyl (C=O) groups excluding carboxylic acids is 2. The summed E-state index contributed by atoms with van der Waals surface area (Å²) in [7, 11) is 0. The van der Waals surface area contributed by atoms with Crippen molar-refractivity contribution in [3.63, 3.8) is 0 Å². The number of rotatable bonds is 3. The van der Waals surface area contributed by atoms with E-state index in [-0.39, 0.29) is 11.8 Å². The first-order valence-electron chi connectivity index (χ1n) is 7.49. The Morgan fingerprint density at radius 3 is 2.91 bits per heavy atom. The number of hydrogen-bond donors (Lipinski definition) is 2. The zero-order valence-corrected chi connectivity index (χ0v) is 12.7. The van der Waals surface area contributed by atoms with Gasteiger partial charge in [0.1, 0.15) is 0 Å². The number of imidazole rings is 1. The first kappa shape index (κ1) is 14.6. The Hall–Kier alpha value is -2.37. The topological polar surface area (TPSA) is 78.1 Å². The molecule has 6 heteroatoms. The lowest BCUT2D eigenvalue weighted by Crippen LogP contribution is -2.50. The average molecular weight is 300 g/mol. The molecule has 2 aliphatic rings. The first-order chi connectivity index (χ1) is 10.5. The van der Waals surface area contributed by atoms with E-state index in [9.17, 15) is 9.59 Å². The lowest BCUT2D eigenvalue weighted by molar-refractivity contribution is -0.140. The molecular weight excluding hydrogens is 280 g/mol. The number of carbonyl (C=O) groups is 2. The Kier molecular flexibility index (Phi) is 3.60. The number of nitrogens with one attached hydrogen (secondary N) is 2. The van der Waals surface area contributed by atoms with Crippen LogP contribution >= 0.6 is 0 Å². The number of imide groups is 1. The maximum atomic E-state index is 12.2. The Balaban J connectivity index is 1.78. The number of aromatic nitrogens is 2. The normalized spacial score (nSPS) is 25.2. The van der Waals surface area contributed by atoms with Crippen LogP contribution in [0.25, 0.3) is 6.08 Å². The third-order valence-corrected chi connectivity index (χ3v) is 4.53. The molecule has 0 saturated carbocycles. The van der Waals surface area contributed by atoms with Crippen molar-refractivity contribution in [2.75, 3.05) is 18.0 Å². The molecule has 1 aromatic rings. The van der Waals surface area contributed by atoms with E-state index in [0.29, 0.717) is 19.4 Å². The number of nitrogens with zero attached hydrogens (tertiary/aromatic N) is 2. The Morgan fingerprint density at radius 2 is 2.18 bits per heavy atom. The van der Waals surface area contributed by atoms with E-state index in [0.717, 1.165) is 30.3 Å². The van der Waals surface area contributed by atoms with Gasteiger partial charge in [-0.15, -0.1) is 0 Å². The highest BCUT2D eigenvalue weighted by Crippen LogP contribution is 2.39. The second-order valence-corrected chi connectivity index (χ2v) is 5.98. The van der Waals surface area contributed by atoms with Crippen LogP contribution in [0.3, 0.4) is 0 Å². The molecule has 1 atom stereocenters. The van der Waals surface area contributed by atoms with Gasteiger partial charge < -0.3 is 9.88 Å². The van der Waals surface area contributed by atoms with Gasteiger partial charge in [0, 0.05) is 19.5 Å². The monoisotopic (exact) mass is 300 g/mol.